The Morgan fingerprint density at radius 2 is 1.93 bits per heavy atom. The molecule has 144 valence electrons. The second-order valence-corrected chi connectivity index (χ2v) is 8.87. The molecular weight excluding hydrogens is 358 g/mol. The first-order chi connectivity index (χ1) is 13.2. The van der Waals surface area contributed by atoms with Gasteiger partial charge in [-0.05, 0) is 55.0 Å². The Balaban J connectivity index is 1.41. The van der Waals surface area contributed by atoms with Gasteiger partial charge < -0.3 is 4.90 Å². The van der Waals surface area contributed by atoms with E-state index in [1.165, 1.54) is 25.7 Å². The van der Waals surface area contributed by atoms with E-state index in [9.17, 15) is 9.59 Å². The van der Waals surface area contributed by atoms with Crippen LogP contribution in [0.15, 0.2) is 34.4 Å². The molecule has 1 aliphatic carbocycles. The van der Waals surface area contributed by atoms with E-state index in [2.05, 4.69) is 5.10 Å². The van der Waals surface area contributed by atoms with Crippen LogP contribution in [0.2, 0.25) is 0 Å². The summed E-state index contributed by atoms with van der Waals surface area (Å²) in [4.78, 5) is 28.1. The molecule has 1 aliphatic heterocycles. The Hall–Kier alpha value is -1.95. The van der Waals surface area contributed by atoms with Crippen molar-refractivity contribution in [2.24, 2.45) is 11.8 Å². The molecule has 27 heavy (non-hydrogen) atoms. The van der Waals surface area contributed by atoms with Crippen molar-refractivity contribution in [1.82, 2.24) is 14.7 Å². The number of hydrogen-bond acceptors (Lipinski definition) is 4. The van der Waals surface area contributed by atoms with Gasteiger partial charge in [-0.3, -0.25) is 9.59 Å². The van der Waals surface area contributed by atoms with Crippen LogP contribution in [0.4, 0.5) is 0 Å². The summed E-state index contributed by atoms with van der Waals surface area (Å²) in [7, 11) is 0. The summed E-state index contributed by atoms with van der Waals surface area (Å²) >= 11 is 1.63. The third kappa shape index (κ3) is 4.49. The molecule has 5 nitrogen and oxygen atoms in total. The first kappa shape index (κ1) is 18.4. The van der Waals surface area contributed by atoms with Gasteiger partial charge in [0.15, 0.2) is 0 Å². The molecule has 4 rings (SSSR count). The maximum atomic E-state index is 12.7. The molecule has 1 amide bonds. The predicted molar refractivity (Wildman–Crippen MR) is 108 cm³/mol. The summed E-state index contributed by atoms with van der Waals surface area (Å²) in [6.07, 6.45) is 7.73. The quantitative estimate of drug-likeness (QED) is 0.787. The van der Waals surface area contributed by atoms with Gasteiger partial charge in [0.2, 0.25) is 5.91 Å². The molecular formula is C21H27N3O2S. The molecule has 0 spiro atoms. The van der Waals surface area contributed by atoms with Crippen LogP contribution in [-0.4, -0.2) is 33.7 Å². The van der Waals surface area contributed by atoms with Crippen LogP contribution in [0.3, 0.4) is 0 Å². The fourth-order valence-electron chi connectivity index (χ4n) is 4.41. The minimum atomic E-state index is -0.0651. The van der Waals surface area contributed by atoms with Crippen molar-refractivity contribution in [3.05, 3.63) is 40.0 Å². The number of piperidine rings is 1. The van der Waals surface area contributed by atoms with Crippen molar-refractivity contribution in [2.75, 3.05) is 13.1 Å². The first-order valence-corrected chi connectivity index (χ1v) is 11.0. The zero-order valence-electron chi connectivity index (χ0n) is 15.7. The second-order valence-electron chi connectivity index (χ2n) is 7.92. The SMILES string of the molecule is O=C(CC1CCCC1)N1CCC[C@@H](Cn2nc(-c3cccs3)ccc2=O)C1. The average molecular weight is 386 g/mol. The zero-order chi connectivity index (χ0) is 18.6. The number of carbonyl (C=O) groups excluding carboxylic acids is 1. The highest BCUT2D eigenvalue weighted by Crippen LogP contribution is 2.29. The van der Waals surface area contributed by atoms with E-state index in [1.54, 1.807) is 28.2 Å². The average Bonchev–Trinajstić information content (AvgIpc) is 3.38. The number of thiophene rings is 1. The molecule has 0 radical (unpaired) electrons. The lowest BCUT2D eigenvalue weighted by Crippen LogP contribution is -2.42. The molecule has 6 heteroatoms. The van der Waals surface area contributed by atoms with Crippen LogP contribution < -0.4 is 5.56 Å². The number of amides is 1. The van der Waals surface area contributed by atoms with Gasteiger partial charge in [0, 0.05) is 32.1 Å². The fraction of sp³-hybridized carbons (Fsp3) is 0.571. The summed E-state index contributed by atoms with van der Waals surface area (Å²) in [5.41, 5.74) is 0.777. The Morgan fingerprint density at radius 3 is 2.70 bits per heavy atom. The van der Waals surface area contributed by atoms with Gasteiger partial charge >= 0.3 is 0 Å². The van der Waals surface area contributed by atoms with E-state index >= 15 is 0 Å². The fourth-order valence-corrected chi connectivity index (χ4v) is 5.10. The normalized spacial score (nSPS) is 20.9. The molecule has 0 aromatic carbocycles. The lowest BCUT2D eigenvalue weighted by atomic mass is 9.96. The Morgan fingerprint density at radius 1 is 1.11 bits per heavy atom. The second kappa shape index (κ2) is 8.38. The van der Waals surface area contributed by atoms with Gasteiger partial charge in [-0.25, -0.2) is 4.68 Å². The van der Waals surface area contributed by atoms with Crippen molar-refractivity contribution in [2.45, 2.75) is 51.5 Å². The van der Waals surface area contributed by atoms with E-state index in [0.29, 0.717) is 30.7 Å². The van der Waals surface area contributed by atoms with Gasteiger partial charge in [0.05, 0.1) is 4.88 Å². The topological polar surface area (TPSA) is 55.2 Å². The zero-order valence-corrected chi connectivity index (χ0v) is 16.5. The van der Waals surface area contributed by atoms with Gasteiger partial charge in [-0.2, -0.15) is 5.10 Å². The van der Waals surface area contributed by atoms with Gasteiger partial charge in [0.25, 0.3) is 5.56 Å². The number of hydrogen-bond donors (Lipinski definition) is 0. The largest absolute Gasteiger partial charge is 0.342 e. The van der Waals surface area contributed by atoms with Crippen LogP contribution in [0.5, 0.6) is 0 Å². The van der Waals surface area contributed by atoms with Crippen LogP contribution >= 0.6 is 11.3 Å². The number of rotatable bonds is 5. The molecule has 2 aromatic heterocycles. The number of nitrogens with zero attached hydrogens (tertiary/aromatic N) is 3. The maximum Gasteiger partial charge on any atom is 0.266 e. The van der Waals surface area contributed by atoms with Crippen molar-refractivity contribution < 1.29 is 4.79 Å². The Bertz CT molecular complexity index is 824. The van der Waals surface area contributed by atoms with Gasteiger partial charge in [-0.15, -0.1) is 11.3 Å². The summed E-state index contributed by atoms with van der Waals surface area (Å²) in [6.45, 7) is 2.20. The molecule has 1 atom stereocenters. The summed E-state index contributed by atoms with van der Waals surface area (Å²) in [6, 6.07) is 7.41. The standard InChI is InChI=1S/C21H27N3O2S/c25-20-10-9-18(19-8-4-12-27-19)22-24(20)15-17-7-3-11-23(14-17)21(26)13-16-5-1-2-6-16/h4,8-10,12,16-17H,1-3,5-7,11,13-15H2/t17-/m1/s1. The molecule has 1 saturated heterocycles. The Labute approximate surface area is 164 Å². The van der Waals surface area contributed by atoms with Crippen LogP contribution in [-0.2, 0) is 11.3 Å². The highest BCUT2D eigenvalue weighted by molar-refractivity contribution is 7.13. The van der Waals surface area contributed by atoms with Crippen molar-refractivity contribution in [3.63, 3.8) is 0 Å². The third-order valence-corrected chi connectivity index (χ3v) is 6.77. The summed E-state index contributed by atoms with van der Waals surface area (Å²) in [5.74, 6) is 1.19. The van der Waals surface area contributed by atoms with E-state index in [-0.39, 0.29) is 5.56 Å². The molecule has 3 heterocycles. The van der Waals surface area contributed by atoms with E-state index in [4.69, 9.17) is 0 Å². The monoisotopic (exact) mass is 385 g/mol. The lowest BCUT2D eigenvalue weighted by Gasteiger charge is -2.33. The van der Waals surface area contributed by atoms with Crippen molar-refractivity contribution in [3.8, 4) is 10.6 Å². The van der Waals surface area contributed by atoms with E-state index in [0.717, 1.165) is 36.5 Å². The van der Waals surface area contributed by atoms with Crippen LogP contribution in [0.1, 0.15) is 44.9 Å². The van der Waals surface area contributed by atoms with E-state index in [1.807, 2.05) is 22.4 Å². The highest BCUT2D eigenvalue weighted by Gasteiger charge is 2.27. The van der Waals surface area contributed by atoms with Crippen molar-refractivity contribution >= 4 is 17.2 Å². The number of likely N-dealkylation sites (tertiary alicyclic amines) is 1. The summed E-state index contributed by atoms with van der Waals surface area (Å²) < 4.78 is 1.59. The molecule has 0 unspecified atom stereocenters. The molecule has 1 saturated carbocycles. The molecule has 0 N–H and O–H groups in total. The molecule has 2 fully saturated rings. The number of aromatic nitrogens is 2. The summed E-state index contributed by atoms with van der Waals surface area (Å²) in [5, 5.41) is 6.59. The predicted octanol–water partition coefficient (Wildman–Crippen LogP) is 3.79. The number of carbonyl (C=O) groups is 1. The van der Waals surface area contributed by atoms with Gasteiger partial charge in [-0.1, -0.05) is 18.9 Å². The van der Waals surface area contributed by atoms with Crippen LogP contribution in [0, 0.1) is 11.8 Å². The van der Waals surface area contributed by atoms with E-state index < -0.39 is 0 Å². The minimum absolute atomic E-state index is 0.0651. The van der Waals surface area contributed by atoms with Crippen LogP contribution in [0.25, 0.3) is 10.6 Å². The highest BCUT2D eigenvalue weighted by atomic mass is 32.1. The third-order valence-electron chi connectivity index (χ3n) is 5.88. The smallest absolute Gasteiger partial charge is 0.266 e. The Kier molecular flexibility index (Phi) is 5.72. The van der Waals surface area contributed by atoms with Crippen molar-refractivity contribution in [1.29, 1.82) is 0 Å². The molecule has 0 bridgehead atoms. The maximum absolute atomic E-state index is 12.7. The minimum Gasteiger partial charge on any atom is -0.342 e. The lowest BCUT2D eigenvalue weighted by molar-refractivity contribution is -0.134. The van der Waals surface area contributed by atoms with Gasteiger partial charge in [0.1, 0.15) is 5.69 Å². The first-order valence-electron chi connectivity index (χ1n) is 10.1. The molecule has 2 aliphatic rings. The molecule has 2 aromatic rings.